The molecule has 6 nitrogen and oxygen atoms in total. The fourth-order valence-electron chi connectivity index (χ4n) is 3.15. The highest BCUT2D eigenvalue weighted by Crippen LogP contribution is 2.11. The Balaban J connectivity index is 1.46. The predicted octanol–water partition coefficient (Wildman–Crippen LogP) is 4.67. The molecule has 0 aromatic heterocycles. The smallest absolute Gasteiger partial charge is 0.315 e. The van der Waals surface area contributed by atoms with Gasteiger partial charge in [0.25, 0.3) is 0 Å². The van der Waals surface area contributed by atoms with Crippen LogP contribution in [0.4, 0.5) is 9.59 Å². The van der Waals surface area contributed by atoms with E-state index in [2.05, 4.69) is 21.3 Å². The molecule has 0 aliphatic heterocycles. The molecule has 0 bridgehead atoms. The molecule has 0 aliphatic rings. The van der Waals surface area contributed by atoms with Crippen molar-refractivity contribution in [3.63, 3.8) is 0 Å². The molecule has 2 atom stereocenters. The summed E-state index contributed by atoms with van der Waals surface area (Å²) in [6, 6.07) is 19.5. The first kappa shape index (κ1) is 23.3. The summed E-state index contributed by atoms with van der Waals surface area (Å²) in [5, 5.41) is 11.7. The molecule has 2 rings (SSSR count). The Labute approximate surface area is 179 Å². The molecule has 6 heteroatoms. The summed E-state index contributed by atoms with van der Waals surface area (Å²) in [6.07, 6.45) is 3.87. The maximum absolute atomic E-state index is 12.0. The molecule has 0 radical (unpaired) electrons. The molecule has 0 heterocycles. The van der Waals surface area contributed by atoms with Crippen LogP contribution in [0.1, 0.15) is 62.7 Å². The average Bonchev–Trinajstić information content (AvgIpc) is 2.76. The Morgan fingerprint density at radius 2 is 1.00 bits per heavy atom. The second-order valence-electron chi connectivity index (χ2n) is 7.48. The van der Waals surface area contributed by atoms with Gasteiger partial charge in [-0.2, -0.15) is 0 Å². The summed E-state index contributed by atoms with van der Waals surface area (Å²) in [6.45, 7) is 5.24. The highest BCUT2D eigenvalue weighted by Gasteiger charge is 2.09. The van der Waals surface area contributed by atoms with E-state index in [0.717, 1.165) is 36.8 Å². The molecule has 30 heavy (non-hydrogen) atoms. The van der Waals surface area contributed by atoms with Gasteiger partial charge >= 0.3 is 12.1 Å². The van der Waals surface area contributed by atoms with Crippen molar-refractivity contribution in [1.29, 1.82) is 0 Å². The van der Waals surface area contributed by atoms with Gasteiger partial charge in [-0.15, -0.1) is 0 Å². The number of hydrogen-bond acceptors (Lipinski definition) is 2. The summed E-state index contributed by atoms with van der Waals surface area (Å²) >= 11 is 0. The Morgan fingerprint density at radius 3 is 1.37 bits per heavy atom. The zero-order valence-corrected chi connectivity index (χ0v) is 18.0. The van der Waals surface area contributed by atoms with E-state index in [-0.39, 0.29) is 24.1 Å². The van der Waals surface area contributed by atoms with E-state index < -0.39 is 0 Å². The highest BCUT2D eigenvalue weighted by molar-refractivity contribution is 5.74. The molecule has 0 unspecified atom stereocenters. The van der Waals surface area contributed by atoms with Gasteiger partial charge in [0, 0.05) is 13.1 Å². The van der Waals surface area contributed by atoms with E-state index >= 15 is 0 Å². The van der Waals surface area contributed by atoms with Crippen molar-refractivity contribution < 1.29 is 9.59 Å². The zero-order valence-electron chi connectivity index (χ0n) is 18.0. The summed E-state index contributed by atoms with van der Waals surface area (Å²) in [5.74, 6) is 0. The molecule has 2 aromatic carbocycles. The van der Waals surface area contributed by atoms with Crippen LogP contribution in [-0.4, -0.2) is 25.2 Å². The number of benzene rings is 2. The van der Waals surface area contributed by atoms with Gasteiger partial charge in [-0.3, -0.25) is 0 Å². The van der Waals surface area contributed by atoms with Gasteiger partial charge in [-0.05, 0) is 37.8 Å². The number of rotatable bonds is 11. The molecule has 2 aromatic rings. The molecule has 4 N–H and O–H groups in total. The third-order valence-electron chi connectivity index (χ3n) is 4.97. The molecule has 4 amide bonds. The number of carbonyl (C=O) groups excluding carboxylic acids is 2. The molecular formula is C24H34N4O2. The van der Waals surface area contributed by atoms with E-state index in [1.165, 1.54) is 0 Å². The van der Waals surface area contributed by atoms with Crippen molar-refractivity contribution >= 4 is 12.1 Å². The first-order chi connectivity index (χ1) is 14.6. The van der Waals surface area contributed by atoms with Crippen LogP contribution >= 0.6 is 0 Å². The van der Waals surface area contributed by atoms with E-state index in [0.29, 0.717) is 13.1 Å². The van der Waals surface area contributed by atoms with Crippen molar-refractivity contribution in [2.75, 3.05) is 13.1 Å². The van der Waals surface area contributed by atoms with Crippen molar-refractivity contribution in [3.8, 4) is 0 Å². The van der Waals surface area contributed by atoms with Gasteiger partial charge in [0.05, 0.1) is 12.1 Å². The fourth-order valence-corrected chi connectivity index (χ4v) is 3.15. The van der Waals surface area contributed by atoms with Crippen LogP contribution in [-0.2, 0) is 0 Å². The van der Waals surface area contributed by atoms with Crippen LogP contribution in [0.5, 0.6) is 0 Å². The molecule has 0 aliphatic carbocycles. The third-order valence-corrected chi connectivity index (χ3v) is 4.97. The second-order valence-corrected chi connectivity index (χ2v) is 7.48. The largest absolute Gasteiger partial charge is 0.338 e. The lowest BCUT2D eigenvalue weighted by Gasteiger charge is -2.15. The van der Waals surface area contributed by atoms with Crippen LogP contribution in [0.25, 0.3) is 0 Å². The maximum Gasteiger partial charge on any atom is 0.315 e. The second kappa shape index (κ2) is 13.2. The Bertz CT molecular complexity index is 687. The van der Waals surface area contributed by atoms with E-state index in [9.17, 15) is 9.59 Å². The van der Waals surface area contributed by atoms with Crippen LogP contribution in [0.15, 0.2) is 60.7 Å². The predicted molar refractivity (Wildman–Crippen MR) is 121 cm³/mol. The quantitative estimate of drug-likeness (QED) is 0.406. The molecule has 162 valence electrons. The standard InChI is InChI=1S/C24H34N4O2/c1-19(21-13-7-5-8-14-21)27-23(29)25-17-11-3-4-12-18-26-24(30)28-20(2)22-15-9-6-10-16-22/h5-10,13-16,19-20H,3-4,11-12,17-18H2,1-2H3,(H2,25,27,29)(H2,26,28,30)/t19-,20-/m0/s1. The first-order valence-corrected chi connectivity index (χ1v) is 10.7. The maximum atomic E-state index is 12.0. The van der Waals surface area contributed by atoms with Gasteiger partial charge in [0.1, 0.15) is 0 Å². The number of urea groups is 2. The summed E-state index contributed by atoms with van der Waals surface area (Å²) in [4.78, 5) is 23.9. The molecule has 0 spiro atoms. The van der Waals surface area contributed by atoms with Crippen LogP contribution in [0, 0.1) is 0 Å². The number of unbranched alkanes of at least 4 members (excludes halogenated alkanes) is 3. The molecule has 0 fully saturated rings. The number of nitrogens with one attached hydrogen (secondary N) is 4. The number of hydrogen-bond donors (Lipinski definition) is 4. The average molecular weight is 411 g/mol. The summed E-state index contributed by atoms with van der Waals surface area (Å²) < 4.78 is 0. The summed E-state index contributed by atoms with van der Waals surface area (Å²) in [5.41, 5.74) is 2.17. The zero-order chi connectivity index (χ0) is 21.6. The highest BCUT2D eigenvalue weighted by atomic mass is 16.2. The number of amides is 4. The van der Waals surface area contributed by atoms with Gasteiger partial charge < -0.3 is 21.3 Å². The molecular weight excluding hydrogens is 376 g/mol. The van der Waals surface area contributed by atoms with Crippen molar-refractivity contribution in [2.24, 2.45) is 0 Å². The van der Waals surface area contributed by atoms with Gasteiger partial charge in [-0.1, -0.05) is 73.5 Å². The normalized spacial score (nSPS) is 12.5. The van der Waals surface area contributed by atoms with Crippen LogP contribution in [0.2, 0.25) is 0 Å². The lowest BCUT2D eigenvalue weighted by atomic mass is 10.1. The Morgan fingerprint density at radius 1 is 0.633 bits per heavy atom. The van der Waals surface area contributed by atoms with Crippen molar-refractivity contribution in [3.05, 3.63) is 71.8 Å². The summed E-state index contributed by atoms with van der Waals surface area (Å²) in [7, 11) is 0. The van der Waals surface area contributed by atoms with E-state index in [1.54, 1.807) is 0 Å². The van der Waals surface area contributed by atoms with Gasteiger partial charge in [-0.25, -0.2) is 9.59 Å². The van der Waals surface area contributed by atoms with Gasteiger partial charge in [0.2, 0.25) is 0 Å². The number of carbonyl (C=O) groups is 2. The lowest BCUT2D eigenvalue weighted by molar-refractivity contribution is 0.236. The Kier molecular flexibility index (Phi) is 10.3. The molecule has 0 saturated heterocycles. The first-order valence-electron chi connectivity index (χ1n) is 10.7. The third kappa shape index (κ3) is 8.99. The van der Waals surface area contributed by atoms with E-state index in [4.69, 9.17) is 0 Å². The topological polar surface area (TPSA) is 82.3 Å². The Hall–Kier alpha value is -3.02. The lowest BCUT2D eigenvalue weighted by Crippen LogP contribution is -2.37. The monoisotopic (exact) mass is 410 g/mol. The minimum atomic E-state index is -0.141. The van der Waals surface area contributed by atoms with Gasteiger partial charge in [0.15, 0.2) is 0 Å². The van der Waals surface area contributed by atoms with Crippen molar-refractivity contribution in [2.45, 2.75) is 51.6 Å². The van der Waals surface area contributed by atoms with Crippen LogP contribution < -0.4 is 21.3 Å². The fraction of sp³-hybridized carbons (Fsp3) is 0.417. The minimum Gasteiger partial charge on any atom is -0.338 e. The van der Waals surface area contributed by atoms with Crippen LogP contribution in [0.3, 0.4) is 0 Å². The van der Waals surface area contributed by atoms with Crippen molar-refractivity contribution in [1.82, 2.24) is 21.3 Å². The SMILES string of the molecule is C[C@H](NC(=O)NCCCCCCNC(=O)N[C@@H](C)c1ccccc1)c1ccccc1. The minimum absolute atomic E-state index is 0.0203. The van der Waals surface area contributed by atoms with E-state index in [1.807, 2.05) is 74.5 Å². The molecule has 0 saturated carbocycles.